The normalized spacial score (nSPS) is 10.3. The van der Waals surface area contributed by atoms with Crippen LogP contribution < -0.4 is 5.32 Å². The van der Waals surface area contributed by atoms with Gasteiger partial charge in [0.1, 0.15) is 5.56 Å². The highest BCUT2D eigenvalue weighted by Crippen LogP contribution is 2.23. The first-order valence-corrected chi connectivity index (χ1v) is 7.00. The first kappa shape index (κ1) is 14.5. The average Bonchev–Trinajstić information content (AvgIpc) is 2.81. The molecule has 0 saturated carbocycles. The fraction of sp³-hybridized carbons (Fsp3) is 0.154. The van der Waals surface area contributed by atoms with E-state index in [0.717, 1.165) is 10.4 Å². The van der Waals surface area contributed by atoms with Gasteiger partial charge < -0.3 is 5.32 Å². The van der Waals surface area contributed by atoms with E-state index >= 15 is 0 Å². The van der Waals surface area contributed by atoms with E-state index in [1.807, 2.05) is 18.4 Å². The number of benzene rings is 1. The molecule has 0 aliphatic carbocycles. The molecule has 104 valence electrons. The van der Waals surface area contributed by atoms with E-state index in [4.69, 9.17) is 11.6 Å². The highest BCUT2D eigenvalue weighted by Gasteiger charge is 2.20. The van der Waals surface area contributed by atoms with Gasteiger partial charge in [0.05, 0.1) is 11.5 Å². The molecule has 1 amide bonds. The molecule has 20 heavy (non-hydrogen) atoms. The summed E-state index contributed by atoms with van der Waals surface area (Å²) in [6.07, 6.45) is 0. The molecule has 0 aliphatic rings. The molecule has 0 atom stereocenters. The van der Waals surface area contributed by atoms with Crippen LogP contribution in [-0.2, 0) is 6.54 Å². The number of amides is 1. The standard InChI is InChI=1S/C13H11ClN2O3S/c1-8-4-5-20-12(8)7-15-13(17)10-6-9(14)2-3-11(10)16(18)19/h2-6H,7H2,1H3,(H,15,17). The van der Waals surface area contributed by atoms with Gasteiger partial charge in [-0.15, -0.1) is 11.3 Å². The second-order valence-electron chi connectivity index (χ2n) is 4.13. The molecule has 1 heterocycles. The van der Waals surface area contributed by atoms with Crippen LogP contribution >= 0.6 is 22.9 Å². The molecule has 7 heteroatoms. The summed E-state index contributed by atoms with van der Waals surface area (Å²) in [5, 5.41) is 15.8. The van der Waals surface area contributed by atoms with Crippen LogP contribution in [0.25, 0.3) is 0 Å². The van der Waals surface area contributed by atoms with Crippen LogP contribution in [0.15, 0.2) is 29.6 Å². The molecule has 0 saturated heterocycles. The number of nitrogens with zero attached hydrogens (tertiary/aromatic N) is 1. The van der Waals surface area contributed by atoms with Crippen molar-refractivity contribution in [2.45, 2.75) is 13.5 Å². The zero-order valence-electron chi connectivity index (χ0n) is 10.6. The minimum Gasteiger partial charge on any atom is -0.347 e. The maximum absolute atomic E-state index is 12.1. The van der Waals surface area contributed by atoms with E-state index in [0.29, 0.717) is 6.54 Å². The Kier molecular flexibility index (Phi) is 4.36. The number of carbonyl (C=O) groups excluding carboxylic acids is 1. The lowest BCUT2D eigenvalue weighted by molar-refractivity contribution is -0.385. The van der Waals surface area contributed by atoms with Crippen LogP contribution in [0.1, 0.15) is 20.8 Å². The highest BCUT2D eigenvalue weighted by atomic mass is 35.5. The number of hydrogen-bond donors (Lipinski definition) is 1. The molecule has 1 aromatic carbocycles. The summed E-state index contributed by atoms with van der Waals surface area (Å²) < 4.78 is 0. The lowest BCUT2D eigenvalue weighted by Gasteiger charge is -2.06. The summed E-state index contributed by atoms with van der Waals surface area (Å²) in [6.45, 7) is 2.28. The molecule has 1 aromatic heterocycles. The third-order valence-electron chi connectivity index (χ3n) is 2.78. The van der Waals surface area contributed by atoms with Gasteiger partial charge in [-0.3, -0.25) is 14.9 Å². The topological polar surface area (TPSA) is 72.2 Å². The Hall–Kier alpha value is -1.92. The Balaban J connectivity index is 2.19. The van der Waals surface area contributed by atoms with Gasteiger partial charge in [0, 0.05) is 16.0 Å². The summed E-state index contributed by atoms with van der Waals surface area (Å²) in [5.41, 5.74) is 0.794. The lowest BCUT2D eigenvalue weighted by atomic mass is 10.1. The van der Waals surface area contributed by atoms with Gasteiger partial charge in [0.25, 0.3) is 11.6 Å². The molecule has 0 fully saturated rings. The third kappa shape index (κ3) is 3.15. The molecule has 0 bridgehead atoms. The Morgan fingerprint density at radius 2 is 2.20 bits per heavy atom. The van der Waals surface area contributed by atoms with Crippen molar-refractivity contribution in [3.05, 3.63) is 60.8 Å². The van der Waals surface area contributed by atoms with E-state index in [1.165, 1.54) is 29.5 Å². The van der Waals surface area contributed by atoms with Crippen molar-refractivity contribution >= 4 is 34.5 Å². The number of halogens is 1. The number of carbonyl (C=O) groups is 1. The van der Waals surface area contributed by atoms with Gasteiger partial charge in [0.2, 0.25) is 0 Å². The quantitative estimate of drug-likeness (QED) is 0.693. The fourth-order valence-corrected chi connectivity index (χ4v) is 2.71. The SMILES string of the molecule is Cc1ccsc1CNC(=O)c1cc(Cl)ccc1[N+](=O)[O-]. The predicted molar refractivity (Wildman–Crippen MR) is 78.3 cm³/mol. The van der Waals surface area contributed by atoms with Crippen LogP contribution in [-0.4, -0.2) is 10.8 Å². The maximum atomic E-state index is 12.1. The number of aryl methyl sites for hydroxylation is 1. The number of rotatable bonds is 4. The Morgan fingerprint density at radius 1 is 1.45 bits per heavy atom. The first-order chi connectivity index (χ1) is 9.49. The molecule has 0 spiro atoms. The van der Waals surface area contributed by atoms with Crippen molar-refractivity contribution in [2.75, 3.05) is 0 Å². The predicted octanol–water partition coefficient (Wildman–Crippen LogP) is 3.55. The average molecular weight is 311 g/mol. The van der Waals surface area contributed by atoms with Crippen LogP contribution in [0.5, 0.6) is 0 Å². The highest BCUT2D eigenvalue weighted by molar-refractivity contribution is 7.10. The zero-order valence-corrected chi connectivity index (χ0v) is 12.1. The fourth-order valence-electron chi connectivity index (χ4n) is 1.69. The smallest absolute Gasteiger partial charge is 0.282 e. The van der Waals surface area contributed by atoms with Gasteiger partial charge in [0.15, 0.2) is 0 Å². The van der Waals surface area contributed by atoms with Crippen LogP contribution in [0.4, 0.5) is 5.69 Å². The summed E-state index contributed by atoms with van der Waals surface area (Å²) in [5.74, 6) is -0.507. The van der Waals surface area contributed by atoms with E-state index in [-0.39, 0.29) is 16.3 Å². The molecule has 2 aromatic rings. The van der Waals surface area contributed by atoms with Gasteiger partial charge in [-0.2, -0.15) is 0 Å². The van der Waals surface area contributed by atoms with Gasteiger partial charge >= 0.3 is 0 Å². The summed E-state index contributed by atoms with van der Waals surface area (Å²) in [7, 11) is 0. The molecular weight excluding hydrogens is 300 g/mol. The van der Waals surface area contributed by atoms with E-state index < -0.39 is 10.8 Å². The summed E-state index contributed by atoms with van der Waals surface area (Å²) in [4.78, 5) is 23.4. The number of nitro groups is 1. The molecule has 0 radical (unpaired) electrons. The van der Waals surface area contributed by atoms with E-state index in [9.17, 15) is 14.9 Å². The number of nitro benzene ring substituents is 1. The van der Waals surface area contributed by atoms with Crippen molar-refractivity contribution in [3.63, 3.8) is 0 Å². The number of nitrogens with one attached hydrogen (secondary N) is 1. The summed E-state index contributed by atoms with van der Waals surface area (Å²) in [6, 6.07) is 5.87. The second kappa shape index (κ2) is 6.02. The van der Waals surface area contributed by atoms with Crippen LogP contribution in [0, 0.1) is 17.0 Å². The summed E-state index contributed by atoms with van der Waals surface area (Å²) >= 11 is 7.32. The molecule has 5 nitrogen and oxygen atoms in total. The Bertz CT molecular complexity index is 669. The van der Waals surface area contributed by atoms with E-state index in [2.05, 4.69) is 5.32 Å². The van der Waals surface area contributed by atoms with Crippen molar-refractivity contribution < 1.29 is 9.72 Å². The van der Waals surface area contributed by atoms with Crippen molar-refractivity contribution in [1.82, 2.24) is 5.32 Å². The zero-order chi connectivity index (χ0) is 14.7. The number of thiophene rings is 1. The van der Waals surface area contributed by atoms with Gasteiger partial charge in [-0.1, -0.05) is 11.6 Å². The third-order valence-corrected chi connectivity index (χ3v) is 4.04. The molecule has 0 unspecified atom stereocenters. The number of hydrogen-bond acceptors (Lipinski definition) is 4. The Labute approximate surface area is 124 Å². The van der Waals surface area contributed by atoms with Crippen molar-refractivity contribution in [1.29, 1.82) is 0 Å². The minimum absolute atomic E-state index is 0.0308. The second-order valence-corrected chi connectivity index (χ2v) is 5.57. The first-order valence-electron chi connectivity index (χ1n) is 5.74. The molecule has 2 rings (SSSR count). The lowest BCUT2D eigenvalue weighted by Crippen LogP contribution is -2.23. The van der Waals surface area contributed by atoms with Crippen molar-refractivity contribution in [2.24, 2.45) is 0 Å². The van der Waals surface area contributed by atoms with Crippen LogP contribution in [0.3, 0.4) is 0 Å². The monoisotopic (exact) mass is 310 g/mol. The largest absolute Gasteiger partial charge is 0.347 e. The molecular formula is C13H11ClN2O3S. The van der Waals surface area contributed by atoms with Crippen molar-refractivity contribution in [3.8, 4) is 0 Å². The molecule has 1 N–H and O–H groups in total. The van der Waals surface area contributed by atoms with E-state index in [1.54, 1.807) is 0 Å². The minimum atomic E-state index is -0.596. The maximum Gasteiger partial charge on any atom is 0.282 e. The molecule has 0 aliphatic heterocycles. The van der Waals surface area contributed by atoms with Gasteiger partial charge in [-0.25, -0.2) is 0 Å². The van der Waals surface area contributed by atoms with Gasteiger partial charge in [-0.05, 0) is 36.1 Å². The van der Waals surface area contributed by atoms with Crippen LogP contribution in [0.2, 0.25) is 5.02 Å². The Morgan fingerprint density at radius 3 is 2.80 bits per heavy atom.